The van der Waals surface area contributed by atoms with Gasteiger partial charge in [-0.25, -0.2) is 4.79 Å². The zero-order valence-electron chi connectivity index (χ0n) is 10.3. The van der Waals surface area contributed by atoms with E-state index >= 15 is 0 Å². The van der Waals surface area contributed by atoms with Crippen LogP contribution >= 0.6 is 0 Å². The minimum absolute atomic E-state index is 0.192. The number of carbonyl (C=O) groups is 1. The third kappa shape index (κ3) is 3.64. The van der Waals surface area contributed by atoms with Crippen molar-refractivity contribution in [3.8, 4) is 0 Å². The smallest absolute Gasteiger partial charge is 0.407 e. The van der Waals surface area contributed by atoms with Gasteiger partial charge in [0, 0.05) is 33.3 Å². The Balaban J connectivity index is 2.55. The van der Waals surface area contributed by atoms with Gasteiger partial charge in [0.05, 0.1) is 12.6 Å². The maximum atomic E-state index is 10.9. The third-order valence-electron chi connectivity index (χ3n) is 2.83. The summed E-state index contributed by atoms with van der Waals surface area (Å²) < 4.78 is 5.16. The van der Waals surface area contributed by atoms with Gasteiger partial charge in [-0.05, 0) is 5.92 Å². The molecule has 0 aromatic carbocycles. The average Bonchev–Trinajstić information content (AvgIpc) is 2.20. The summed E-state index contributed by atoms with van der Waals surface area (Å²) in [5, 5.41) is 8.96. The highest BCUT2D eigenvalue weighted by atomic mass is 16.5. The predicted octanol–water partition coefficient (Wildman–Crippen LogP) is 0.953. The lowest BCUT2D eigenvalue weighted by Crippen LogP contribution is -2.56. The van der Waals surface area contributed by atoms with Crippen molar-refractivity contribution in [2.75, 3.05) is 39.9 Å². The van der Waals surface area contributed by atoms with Crippen LogP contribution in [0.4, 0.5) is 4.79 Å². The Kier molecular flexibility index (Phi) is 5.02. The molecule has 1 heterocycles. The summed E-state index contributed by atoms with van der Waals surface area (Å²) in [6, 6.07) is 0.192. The minimum atomic E-state index is -0.828. The summed E-state index contributed by atoms with van der Waals surface area (Å²) in [5.41, 5.74) is 0. The van der Waals surface area contributed by atoms with Gasteiger partial charge in [0.25, 0.3) is 0 Å². The zero-order chi connectivity index (χ0) is 12.1. The molecule has 5 heteroatoms. The molecule has 0 aromatic rings. The van der Waals surface area contributed by atoms with Crippen LogP contribution in [0.25, 0.3) is 0 Å². The number of hydrogen-bond donors (Lipinski definition) is 1. The predicted molar refractivity (Wildman–Crippen MR) is 61.7 cm³/mol. The van der Waals surface area contributed by atoms with Crippen LogP contribution < -0.4 is 0 Å². The molecule has 16 heavy (non-hydrogen) atoms. The number of hydrogen-bond acceptors (Lipinski definition) is 3. The normalized spacial score (nSPS) is 22.8. The molecular weight excluding hydrogens is 208 g/mol. The van der Waals surface area contributed by atoms with Crippen LogP contribution in [0.5, 0.6) is 0 Å². The van der Waals surface area contributed by atoms with Crippen molar-refractivity contribution < 1.29 is 14.6 Å². The molecule has 1 rings (SSSR count). The summed E-state index contributed by atoms with van der Waals surface area (Å²) in [6.07, 6.45) is -0.828. The van der Waals surface area contributed by atoms with Gasteiger partial charge in [-0.1, -0.05) is 13.8 Å². The van der Waals surface area contributed by atoms with E-state index in [1.807, 2.05) is 0 Å². The fourth-order valence-electron chi connectivity index (χ4n) is 2.13. The lowest BCUT2D eigenvalue weighted by molar-refractivity contribution is 0.0223. The first-order chi connectivity index (χ1) is 7.54. The van der Waals surface area contributed by atoms with Gasteiger partial charge in [-0.3, -0.25) is 4.90 Å². The van der Waals surface area contributed by atoms with Crippen molar-refractivity contribution in [3.05, 3.63) is 0 Å². The first-order valence-electron chi connectivity index (χ1n) is 5.75. The highest BCUT2D eigenvalue weighted by Gasteiger charge is 2.29. The molecule has 1 fully saturated rings. The average molecular weight is 230 g/mol. The lowest BCUT2D eigenvalue weighted by atomic mass is 10.1. The second kappa shape index (κ2) is 6.06. The van der Waals surface area contributed by atoms with Crippen molar-refractivity contribution >= 4 is 6.09 Å². The maximum absolute atomic E-state index is 10.9. The molecule has 1 atom stereocenters. The lowest BCUT2D eigenvalue weighted by Gasteiger charge is -2.40. The van der Waals surface area contributed by atoms with E-state index in [-0.39, 0.29) is 6.04 Å². The van der Waals surface area contributed by atoms with Crippen LogP contribution in [0, 0.1) is 5.92 Å². The van der Waals surface area contributed by atoms with Crippen molar-refractivity contribution in [1.29, 1.82) is 0 Å². The Hall–Kier alpha value is -0.810. The molecule has 0 radical (unpaired) electrons. The van der Waals surface area contributed by atoms with Crippen LogP contribution in [0.2, 0.25) is 0 Å². The number of ether oxygens (including phenoxy) is 1. The molecule has 1 aliphatic rings. The summed E-state index contributed by atoms with van der Waals surface area (Å²) in [5.74, 6) is 0.593. The second-order valence-electron chi connectivity index (χ2n) is 4.73. The summed E-state index contributed by atoms with van der Waals surface area (Å²) in [6.45, 7) is 7.90. The number of nitrogens with zero attached hydrogens (tertiary/aromatic N) is 2. The monoisotopic (exact) mass is 230 g/mol. The standard InChI is InChI=1S/C11H22N2O3/c1-9(2)6-12-4-5-13(11(14)15)7-10(12)8-16-3/h9-10H,4-8H2,1-3H3,(H,14,15). The molecule has 0 aromatic heterocycles. The van der Waals surface area contributed by atoms with Gasteiger partial charge in [0.1, 0.15) is 0 Å². The molecule has 0 aliphatic carbocycles. The van der Waals surface area contributed by atoms with Crippen LogP contribution in [0.3, 0.4) is 0 Å². The molecule has 0 bridgehead atoms. The number of piperazine rings is 1. The van der Waals surface area contributed by atoms with E-state index in [0.717, 1.165) is 13.1 Å². The molecule has 0 spiro atoms. The zero-order valence-corrected chi connectivity index (χ0v) is 10.3. The molecule has 0 saturated carbocycles. The Labute approximate surface area is 97.0 Å². The van der Waals surface area contributed by atoms with Gasteiger partial charge >= 0.3 is 6.09 Å². The first kappa shape index (κ1) is 13.3. The SMILES string of the molecule is COCC1CN(C(=O)O)CCN1CC(C)C. The fraction of sp³-hybridized carbons (Fsp3) is 0.909. The van der Waals surface area contributed by atoms with E-state index in [1.54, 1.807) is 7.11 Å². The maximum Gasteiger partial charge on any atom is 0.407 e. The van der Waals surface area contributed by atoms with E-state index in [0.29, 0.717) is 25.6 Å². The molecule has 1 saturated heterocycles. The van der Waals surface area contributed by atoms with Gasteiger partial charge in [0.15, 0.2) is 0 Å². The number of rotatable bonds is 4. The number of carboxylic acid groups (broad SMARTS) is 1. The Morgan fingerprint density at radius 3 is 2.69 bits per heavy atom. The Bertz CT molecular complexity index is 233. The topological polar surface area (TPSA) is 53.0 Å². The summed E-state index contributed by atoms with van der Waals surface area (Å²) >= 11 is 0. The first-order valence-corrected chi connectivity index (χ1v) is 5.75. The van der Waals surface area contributed by atoms with Crippen LogP contribution in [0.15, 0.2) is 0 Å². The van der Waals surface area contributed by atoms with Crippen molar-refractivity contribution in [1.82, 2.24) is 9.80 Å². The Morgan fingerprint density at radius 2 is 2.19 bits per heavy atom. The molecule has 94 valence electrons. The summed E-state index contributed by atoms with van der Waals surface area (Å²) in [4.78, 5) is 14.7. The van der Waals surface area contributed by atoms with Crippen LogP contribution in [0.1, 0.15) is 13.8 Å². The van der Waals surface area contributed by atoms with Crippen molar-refractivity contribution in [2.24, 2.45) is 5.92 Å². The van der Waals surface area contributed by atoms with E-state index in [9.17, 15) is 4.79 Å². The number of amides is 1. The highest BCUT2D eigenvalue weighted by Crippen LogP contribution is 2.12. The molecule has 1 unspecified atom stereocenters. The third-order valence-corrected chi connectivity index (χ3v) is 2.83. The molecule has 5 nitrogen and oxygen atoms in total. The minimum Gasteiger partial charge on any atom is -0.465 e. The van der Waals surface area contributed by atoms with Gasteiger partial charge in [-0.15, -0.1) is 0 Å². The van der Waals surface area contributed by atoms with E-state index in [1.165, 1.54) is 4.90 Å². The Morgan fingerprint density at radius 1 is 1.50 bits per heavy atom. The van der Waals surface area contributed by atoms with Crippen LogP contribution in [-0.2, 0) is 4.74 Å². The second-order valence-corrected chi connectivity index (χ2v) is 4.73. The van der Waals surface area contributed by atoms with E-state index in [4.69, 9.17) is 9.84 Å². The van der Waals surface area contributed by atoms with Crippen LogP contribution in [-0.4, -0.2) is 66.9 Å². The van der Waals surface area contributed by atoms with Gasteiger partial charge in [0.2, 0.25) is 0 Å². The van der Waals surface area contributed by atoms with Crippen molar-refractivity contribution in [2.45, 2.75) is 19.9 Å². The van der Waals surface area contributed by atoms with Gasteiger partial charge < -0.3 is 14.7 Å². The molecular formula is C11H22N2O3. The molecule has 1 N–H and O–H groups in total. The largest absolute Gasteiger partial charge is 0.465 e. The molecule has 1 amide bonds. The highest BCUT2D eigenvalue weighted by molar-refractivity contribution is 5.65. The number of methoxy groups -OCH3 is 1. The summed E-state index contributed by atoms with van der Waals surface area (Å²) in [7, 11) is 1.66. The van der Waals surface area contributed by atoms with E-state index < -0.39 is 6.09 Å². The fourth-order valence-corrected chi connectivity index (χ4v) is 2.13. The van der Waals surface area contributed by atoms with Gasteiger partial charge in [-0.2, -0.15) is 0 Å². The molecule has 1 aliphatic heterocycles. The van der Waals surface area contributed by atoms with Crippen molar-refractivity contribution in [3.63, 3.8) is 0 Å². The quantitative estimate of drug-likeness (QED) is 0.781. The van der Waals surface area contributed by atoms with E-state index in [2.05, 4.69) is 18.7 Å².